The molecule has 0 aliphatic carbocycles. The van der Waals surface area contributed by atoms with Crippen LogP contribution < -0.4 is 5.73 Å². The number of benzene rings is 1. The molecule has 0 amide bonds. The van der Waals surface area contributed by atoms with Crippen LogP contribution in [-0.2, 0) is 11.8 Å². The molecule has 2 N–H and O–H groups in total. The van der Waals surface area contributed by atoms with Crippen LogP contribution in [-0.4, -0.2) is 16.7 Å². The van der Waals surface area contributed by atoms with E-state index in [1.165, 1.54) is 11.1 Å². The second-order valence-corrected chi connectivity index (χ2v) is 5.27. The average Bonchev–Trinajstić information content (AvgIpc) is 2.81. The van der Waals surface area contributed by atoms with E-state index in [-0.39, 0.29) is 5.41 Å². The molecular weight excluding hydrogens is 226 g/mol. The highest BCUT2D eigenvalue weighted by Gasteiger charge is 2.25. The van der Waals surface area contributed by atoms with E-state index in [9.17, 15) is 0 Å². The molecule has 0 fully saturated rings. The number of hydrogen-bond acceptors (Lipinski definition) is 4. The zero-order valence-electron chi connectivity index (χ0n) is 11.1. The minimum atomic E-state index is -0.265. The van der Waals surface area contributed by atoms with Gasteiger partial charge in [0.25, 0.3) is 0 Å². The van der Waals surface area contributed by atoms with Gasteiger partial charge in [-0.2, -0.15) is 4.98 Å². The molecule has 4 heteroatoms. The normalized spacial score (nSPS) is 11.8. The minimum absolute atomic E-state index is 0.265. The highest BCUT2D eigenvalue weighted by Crippen LogP contribution is 2.20. The van der Waals surface area contributed by atoms with Crippen LogP contribution in [0.2, 0.25) is 0 Å². The van der Waals surface area contributed by atoms with Gasteiger partial charge < -0.3 is 10.3 Å². The molecule has 2 rings (SSSR count). The number of nitrogens with two attached hydrogens (primary N) is 1. The van der Waals surface area contributed by atoms with E-state index in [4.69, 9.17) is 10.3 Å². The van der Waals surface area contributed by atoms with E-state index in [1.54, 1.807) is 0 Å². The fourth-order valence-corrected chi connectivity index (χ4v) is 1.58. The maximum Gasteiger partial charge on any atom is 0.233 e. The van der Waals surface area contributed by atoms with E-state index in [2.05, 4.69) is 41.3 Å². The first-order valence-electron chi connectivity index (χ1n) is 6.10. The van der Waals surface area contributed by atoms with Crippen LogP contribution in [0.3, 0.4) is 0 Å². The highest BCUT2D eigenvalue weighted by atomic mass is 16.5. The molecule has 0 bridgehead atoms. The summed E-state index contributed by atoms with van der Waals surface area (Å²) in [6.45, 7) is 6.55. The minimum Gasteiger partial charge on any atom is -0.339 e. The quantitative estimate of drug-likeness (QED) is 0.896. The van der Waals surface area contributed by atoms with Gasteiger partial charge in [0.1, 0.15) is 0 Å². The first-order chi connectivity index (χ1) is 8.51. The van der Waals surface area contributed by atoms with Gasteiger partial charge in [0.15, 0.2) is 5.82 Å². The third-order valence-electron chi connectivity index (χ3n) is 3.04. The molecule has 0 atom stereocenters. The van der Waals surface area contributed by atoms with Gasteiger partial charge in [-0.1, -0.05) is 35.0 Å². The average molecular weight is 245 g/mol. The molecule has 0 saturated heterocycles. The summed E-state index contributed by atoms with van der Waals surface area (Å²) in [5, 5.41) is 4.01. The second kappa shape index (κ2) is 4.90. The molecule has 1 aromatic heterocycles. The lowest BCUT2D eigenvalue weighted by Crippen LogP contribution is -2.28. The lowest BCUT2D eigenvalue weighted by Gasteiger charge is -2.15. The molecule has 0 aliphatic rings. The van der Waals surface area contributed by atoms with Gasteiger partial charge >= 0.3 is 0 Å². The first kappa shape index (κ1) is 12.8. The van der Waals surface area contributed by atoms with Crippen LogP contribution >= 0.6 is 0 Å². The van der Waals surface area contributed by atoms with Crippen molar-refractivity contribution in [1.82, 2.24) is 10.1 Å². The zero-order valence-corrected chi connectivity index (χ0v) is 11.1. The Bertz CT molecular complexity index is 514. The molecule has 1 heterocycles. The molecule has 4 nitrogen and oxygen atoms in total. The van der Waals surface area contributed by atoms with Crippen molar-refractivity contribution >= 4 is 0 Å². The number of aromatic nitrogens is 2. The van der Waals surface area contributed by atoms with Gasteiger partial charge in [0.05, 0.1) is 5.41 Å². The summed E-state index contributed by atoms with van der Waals surface area (Å²) >= 11 is 0. The molecule has 2 aromatic rings. The Morgan fingerprint density at radius 1 is 1.22 bits per heavy atom. The summed E-state index contributed by atoms with van der Waals surface area (Å²) < 4.78 is 5.28. The van der Waals surface area contributed by atoms with Crippen molar-refractivity contribution in [3.63, 3.8) is 0 Å². The Morgan fingerprint density at radius 2 is 1.89 bits per heavy atom. The van der Waals surface area contributed by atoms with Crippen LogP contribution in [0, 0.1) is 6.92 Å². The molecule has 0 spiro atoms. The Morgan fingerprint density at radius 3 is 2.50 bits per heavy atom. The molecule has 0 aliphatic heterocycles. The number of nitrogens with zero attached hydrogens (tertiary/aromatic N) is 2. The van der Waals surface area contributed by atoms with Gasteiger partial charge in [-0.05, 0) is 26.3 Å². The van der Waals surface area contributed by atoms with Crippen LogP contribution in [0.4, 0.5) is 0 Å². The fraction of sp³-hybridized carbons (Fsp3) is 0.429. The molecule has 18 heavy (non-hydrogen) atoms. The lowest BCUT2D eigenvalue weighted by molar-refractivity contribution is 0.309. The van der Waals surface area contributed by atoms with E-state index >= 15 is 0 Å². The molecule has 0 radical (unpaired) electrons. The lowest BCUT2D eigenvalue weighted by atomic mass is 9.94. The molecule has 1 aromatic carbocycles. The maximum absolute atomic E-state index is 5.69. The predicted octanol–water partition coefficient (Wildman–Crippen LogP) is 2.21. The largest absolute Gasteiger partial charge is 0.339 e. The SMILES string of the molecule is Cc1ccc(Cc2noc(C(C)(C)CN)n2)cc1. The Hall–Kier alpha value is -1.68. The second-order valence-electron chi connectivity index (χ2n) is 5.27. The maximum atomic E-state index is 5.69. The standard InChI is InChI=1S/C14H19N3O/c1-10-4-6-11(7-5-10)8-12-16-13(18-17-12)14(2,3)9-15/h4-7H,8-9,15H2,1-3H3. The van der Waals surface area contributed by atoms with E-state index in [1.807, 2.05) is 13.8 Å². The van der Waals surface area contributed by atoms with Crippen molar-refractivity contribution in [2.45, 2.75) is 32.6 Å². The fourth-order valence-electron chi connectivity index (χ4n) is 1.58. The molecular formula is C14H19N3O. The molecule has 0 unspecified atom stereocenters. The Balaban J connectivity index is 2.14. The summed E-state index contributed by atoms with van der Waals surface area (Å²) in [6, 6.07) is 8.33. The van der Waals surface area contributed by atoms with Crippen molar-refractivity contribution in [2.24, 2.45) is 5.73 Å². The summed E-state index contributed by atoms with van der Waals surface area (Å²) in [5.74, 6) is 1.31. The van der Waals surface area contributed by atoms with Crippen LogP contribution in [0.15, 0.2) is 28.8 Å². The van der Waals surface area contributed by atoms with Gasteiger partial charge in [-0.3, -0.25) is 0 Å². The van der Waals surface area contributed by atoms with Gasteiger partial charge in [-0.15, -0.1) is 0 Å². The van der Waals surface area contributed by atoms with Crippen molar-refractivity contribution in [1.29, 1.82) is 0 Å². The third kappa shape index (κ3) is 2.76. The van der Waals surface area contributed by atoms with Crippen molar-refractivity contribution in [2.75, 3.05) is 6.54 Å². The predicted molar refractivity (Wildman–Crippen MR) is 70.4 cm³/mol. The zero-order chi connectivity index (χ0) is 13.2. The number of rotatable bonds is 4. The van der Waals surface area contributed by atoms with E-state index in [0.717, 1.165) is 0 Å². The van der Waals surface area contributed by atoms with E-state index < -0.39 is 0 Å². The summed E-state index contributed by atoms with van der Waals surface area (Å²) in [4.78, 5) is 4.41. The summed E-state index contributed by atoms with van der Waals surface area (Å²) in [7, 11) is 0. The van der Waals surface area contributed by atoms with Crippen molar-refractivity contribution in [3.8, 4) is 0 Å². The third-order valence-corrected chi connectivity index (χ3v) is 3.04. The van der Waals surface area contributed by atoms with Gasteiger partial charge in [0, 0.05) is 13.0 Å². The number of hydrogen-bond donors (Lipinski definition) is 1. The van der Waals surface area contributed by atoms with Crippen molar-refractivity contribution < 1.29 is 4.52 Å². The Labute approximate surface area is 107 Å². The van der Waals surface area contributed by atoms with Crippen LogP contribution in [0.1, 0.15) is 36.7 Å². The monoisotopic (exact) mass is 245 g/mol. The highest BCUT2D eigenvalue weighted by molar-refractivity contribution is 5.23. The molecule has 96 valence electrons. The summed E-state index contributed by atoms with van der Waals surface area (Å²) in [6.07, 6.45) is 0.685. The van der Waals surface area contributed by atoms with Gasteiger partial charge in [0.2, 0.25) is 5.89 Å². The van der Waals surface area contributed by atoms with Crippen LogP contribution in [0.25, 0.3) is 0 Å². The van der Waals surface area contributed by atoms with Gasteiger partial charge in [-0.25, -0.2) is 0 Å². The topological polar surface area (TPSA) is 64.9 Å². The molecule has 0 saturated carbocycles. The summed E-state index contributed by atoms with van der Waals surface area (Å²) in [5.41, 5.74) is 7.85. The Kier molecular flexibility index (Phi) is 3.48. The first-order valence-corrected chi connectivity index (χ1v) is 6.10. The van der Waals surface area contributed by atoms with E-state index in [0.29, 0.717) is 24.7 Å². The number of aryl methyl sites for hydroxylation is 1. The van der Waals surface area contributed by atoms with Crippen LogP contribution in [0.5, 0.6) is 0 Å². The smallest absolute Gasteiger partial charge is 0.233 e. The van der Waals surface area contributed by atoms with Crippen molar-refractivity contribution in [3.05, 3.63) is 47.1 Å².